The average molecular weight is 339 g/mol. The highest BCUT2D eigenvalue weighted by atomic mass is 16.2. The zero-order valence-electron chi connectivity index (χ0n) is 15.3. The number of terminal acetylenes is 1. The summed E-state index contributed by atoms with van der Waals surface area (Å²) in [6, 6.07) is 3.72. The summed E-state index contributed by atoms with van der Waals surface area (Å²) in [5, 5.41) is 2.86. The van der Waals surface area contributed by atoms with Gasteiger partial charge in [-0.3, -0.25) is 14.4 Å². The zero-order chi connectivity index (χ0) is 18.7. The van der Waals surface area contributed by atoms with Crippen LogP contribution in [0.4, 0.5) is 0 Å². The van der Waals surface area contributed by atoms with Crippen molar-refractivity contribution < 1.29 is 14.4 Å². The Labute approximate surface area is 149 Å². The summed E-state index contributed by atoms with van der Waals surface area (Å²) in [7, 11) is 0. The van der Waals surface area contributed by atoms with E-state index < -0.39 is 11.8 Å². The Morgan fingerprint density at radius 2 is 1.92 bits per heavy atom. The number of amides is 1. The summed E-state index contributed by atoms with van der Waals surface area (Å²) >= 11 is 0. The molecule has 4 nitrogen and oxygen atoms in total. The lowest BCUT2D eigenvalue weighted by atomic mass is 9.86. The maximum Gasteiger partial charge on any atom is 0.220 e. The van der Waals surface area contributed by atoms with Crippen LogP contribution in [-0.2, 0) is 14.4 Å². The quantitative estimate of drug-likeness (QED) is 0.663. The molecular formula is C21H25NO3. The van der Waals surface area contributed by atoms with Gasteiger partial charge in [0, 0.05) is 30.4 Å². The number of rotatable bonds is 5. The van der Waals surface area contributed by atoms with Crippen molar-refractivity contribution >= 4 is 17.5 Å². The summed E-state index contributed by atoms with van der Waals surface area (Å²) in [5.74, 6) is 0.856. The van der Waals surface area contributed by atoms with Crippen molar-refractivity contribution in [1.29, 1.82) is 0 Å². The first kappa shape index (κ1) is 18.9. The van der Waals surface area contributed by atoms with Gasteiger partial charge in [-0.2, -0.15) is 0 Å². The van der Waals surface area contributed by atoms with Gasteiger partial charge in [-0.05, 0) is 56.0 Å². The first-order chi connectivity index (χ1) is 11.8. The molecular weight excluding hydrogens is 314 g/mol. The minimum Gasteiger partial charge on any atom is -0.354 e. The lowest BCUT2D eigenvalue weighted by molar-refractivity contribution is -0.128. The molecule has 4 heteroatoms. The normalized spacial score (nSPS) is 21.1. The lowest BCUT2D eigenvalue weighted by Crippen LogP contribution is -2.34. The summed E-state index contributed by atoms with van der Waals surface area (Å²) in [6.45, 7) is 7.64. The zero-order valence-corrected chi connectivity index (χ0v) is 15.3. The predicted molar refractivity (Wildman–Crippen MR) is 97.2 cm³/mol. The van der Waals surface area contributed by atoms with Gasteiger partial charge in [0.15, 0.2) is 5.78 Å². The second-order valence-electron chi connectivity index (χ2n) is 6.95. The smallest absolute Gasteiger partial charge is 0.220 e. The van der Waals surface area contributed by atoms with Crippen LogP contribution >= 0.6 is 0 Å². The van der Waals surface area contributed by atoms with Crippen LogP contribution in [0.3, 0.4) is 0 Å². The number of aryl methyl sites for hydroxylation is 2. The van der Waals surface area contributed by atoms with Crippen molar-refractivity contribution in [2.75, 3.05) is 0 Å². The maximum atomic E-state index is 12.8. The van der Waals surface area contributed by atoms with Crippen LogP contribution in [0.15, 0.2) is 12.1 Å². The number of carbonyl (C=O) groups is 3. The maximum absolute atomic E-state index is 12.8. The van der Waals surface area contributed by atoms with E-state index in [0.29, 0.717) is 0 Å². The molecule has 1 amide bonds. The van der Waals surface area contributed by atoms with E-state index in [1.165, 1.54) is 0 Å². The van der Waals surface area contributed by atoms with Gasteiger partial charge in [0.2, 0.25) is 5.91 Å². The van der Waals surface area contributed by atoms with E-state index in [4.69, 9.17) is 6.42 Å². The van der Waals surface area contributed by atoms with Crippen molar-refractivity contribution in [1.82, 2.24) is 5.32 Å². The summed E-state index contributed by atoms with van der Waals surface area (Å²) in [6.07, 6.45) is 6.48. The molecule has 3 atom stereocenters. The van der Waals surface area contributed by atoms with Crippen LogP contribution in [0.5, 0.6) is 0 Å². The van der Waals surface area contributed by atoms with E-state index >= 15 is 0 Å². The van der Waals surface area contributed by atoms with Crippen LogP contribution in [-0.4, -0.2) is 23.5 Å². The molecule has 0 saturated heterocycles. The largest absolute Gasteiger partial charge is 0.354 e. The first-order valence-corrected chi connectivity index (χ1v) is 8.72. The highest BCUT2D eigenvalue weighted by molar-refractivity contribution is 6.15. The minimum atomic E-state index is -0.770. The predicted octanol–water partition coefficient (Wildman–Crippen LogP) is 2.83. The molecule has 0 spiro atoms. The second-order valence-corrected chi connectivity index (χ2v) is 6.95. The number of hydrogen-bond acceptors (Lipinski definition) is 3. The molecule has 1 aliphatic rings. The number of nitrogens with one attached hydrogen (secondary N) is 1. The van der Waals surface area contributed by atoms with E-state index in [1.54, 1.807) is 0 Å². The van der Waals surface area contributed by atoms with Gasteiger partial charge in [0.1, 0.15) is 11.7 Å². The van der Waals surface area contributed by atoms with Crippen LogP contribution < -0.4 is 5.32 Å². The molecule has 0 radical (unpaired) electrons. The van der Waals surface area contributed by atoms with Crippen LogP contribution in [0.25, 0.3) is 0 Å². The minimum absolute atomic E-state index is 0.0660. The third kappa shape index (κ3) is 3.99. The lowest BCUT2D eigenvalue weighted by Gasteiger charge is -2.16. The molecule has 3 unspecified atom stereocenters. The number of ketones is 2. The molecule has 1 saturated carbocycles. The van der Waals surface area contributed by atoms with Gasteiger partial charge < -0.3 is 5.32 Å². The second kappa shape index (κ2) is 7.65. The highest BCUT2D eigenvalue weighted by Gasteiger charge is 2.43. The van der Waals surface area contributed by atoms with Crippen molar-refractivity contribution in [3.63, 3.8) is 0 Å². The Morgan fingerprint density at radius 1 is 1.32 bits per heavy atom. The van der Waals surface area contributed by atoms with Gasteiger partial charge >= 0.3 is 0 Å². The third-order valence-corrected chi connectivity index (χ3v) is 4.96. The topological polar surface area (TPSA) is 63.2 Å². The molecule has 2 rings (SSSR count). The number of benzene rings is 1. The molecule has 25 heavy (non-hydrogen) atoms. The van der Waals surface area contributed by atoms with Crippen LogP contribution in [0.1, 0.15) is 61.3 Å². The third-order valence-electron chi connectivity index (χ3n) is 4.96. The van der Waals surface area contributed by atoms with Crippen LogP contribution in [0, 0.1) is 32.1 Å². The standard InChI is InChI=1S/C21H25NO3/c1-6-14(5)22-18(24)11-16-10-17(23)20(21(16)25)19-12(3)8-15(7-2)9-13(19)4/h2,8-9,14,16,20H,6,10-11H2,1,3-5H3,(H,22,24). The van der Waals surface area contributed by atoms with Crippen molar-refractivity contribution in [3.8, 4) is 12.3 Å². The van der Waals surface area contributed by atoms with Gasteiger partial charge in [0.05, 0.1) is 0 Å². The fourth-order valence-electron chi connectivity index (χ4n) is 3.50. The highest BCUT2D eigenvalue weighted by Crippen LogP contribution is 2.37. The molecule has 132 valence electrons. The first-order valence-electron chi connectivity index (χ1n) is 8.72. The number of hydrogen-bond donors (Lipinski definition) is 1. The Morgan fingerprint density at radius 3 is 2.44 bits per heavy atom. The molecule has 0 aliphatic heterocycles. The fraction of sp³-hybridized carbons (Fsp3) is 0.476. The molecule has 0 aromatic heterocycles. The Balaban J connectivity index is 2.23. The summed E-state index contributed by atoms with van der Waals surface area (Å²) < 4.78 is 0. The van der Waals surface area contributed by atoms with Crippen molar-refractivity contribution in [2.24, 2.45) is 5.92 Å². The molecule has 1 aromatic carbocycles. The molecule has 0 bridgehead atoms. The SMILES string of the molecule is C#Cc1cc(C)c(C2C(=O)CC(CC(=O)NC(C)CC)C2=O)c(C)c1. The Hall–Kier alpha value is -2.41. The fourth-order valence-corrected chi connectivity index (χ4v) is 3.50. The summed E-state index contributed by atoms with van der Waals surface area (Å²) in [5.41, 5.74) is 3.19. The number of Topliss-reactive ketones (excluding diaryl/α,β-unsaturated/α-hetero) is 2. The van der Waals surface area contributed by atoms with Crippen molar-refractivity contribution in [2.45, 2.75) is 58.9 Å². The van der Waals surface area contributed by atoms with Gasteiger partial charge in [0.25, 0.3) is 0 Å². The molecule has 0 heterocycles. The van der Waals surface area contributed by atoms with E-state index in [-0.39, 0.29) is 36.4 Å². The Kier molecular flexibility index (Phi) is 5.79. The van der Waals surface area contributed by atoms with E-state index in [9.17, 15) is 14.4 Å². The summed E-state index contributed by atoms with van der Waals surface area (Å²) in [4.78, 5) is 37.4. The van der Waals surface area contributed by atoms with Crippen molar-refractivity contribution in [3.05, 3.63) is 34.4 Å². The Bertz CT molecular complexity index is 734. The molecule has 1 aliphatic carbocycles. The van der Waals surface area contributed by atoms with Gasteiger partial charge in [-0.25, -0.2) is 0 Å². The van der Waals surface area contributed by atoms with Crippen LogP contribution in [0.2, 0.25) is 0 Å². The molecule has 1 N–H and O–H groups in total. The van der Waals surface area contributed by atoms with E-state index in [2.05, 4.69) is 11.2 Å². The molecule has 1 fully saturated rings. The van der Waals surface area contributed by atoms with E-state index in [0.717, 1.165) is 28.7 Å². The van der Waals surface area contributed by atoms with Gasteiger partial charge in [-0.15, -0.1) is 6.42 Å². The monoisotopic (exact) mass is 339 g/mol. The number of carbonyl (C=O) groups excluding carboxylic acids is 3. The average Bonchev–Trinajstić information content (AvgIpc) is 2.81. The van der Waals surface area contributed by atoms with E-state index in [1.807, 2.05) is 39.8 Å². The molecule has 1 aromatic rings. The van der Waals surface area contributed by atoms with Gasteiger partial charge in [-0.1, -0.05) is 12.8 Å².